The van der Waals surface area contributed by atoms with E-state index in [4.69, 9.17) is 0 Å². The zero-order valence-electron chi connectivity index (χ0n) is 8.15. The van der Waals surface area contributed by atoms with Crippen molar-refractivity contribution in [2.24, 2.45) is 0 Å². The highest BCUT2D eigenvalue weighted by atomic mass is 32.1. The van der Waals surface area contributed by atoms with Crippen molar-refractivity contribution in [1.82, 2.24) is 20.5 Å². The van der Waals surface area contributed by atoms with Gasteiger partial charge in [0.1, 0.15) is 5.01 Å². The number of aryl methyl sites for hydroxylation is 1. The van der Waals surface area contributed by atoms with Gasteiger partial charge in [-0.15, -0.1) is 11.3 Å². The van der Waals surface area contributed by atoms with Gasteiger partial charge in [-0.1, -0.05) is 0 Å². The Morgan fingerprint density at radius 3 is 3.07 bits per heavy atom. The molecule has 0 fully saturated rings. The third-order valence-corrected chi connectivity index (χ3v) is 2.74. The van der Waals surface area contributed by atoms with E-state index in [-0.39, 0.29) is 5.91 Å². The largest absolute Gasteiger partial charge is 0.345 e. The average Bonchev–Trinajstić information content (AvgIpc) is 2.84. The monoisotopic (exact) mass is 222 g/mol. The highest BCUT2D eigenvalue weighted by Crippen LogP contribution is 2.10. The molecule has 0 saturated heterocycles. The van der Waals surface area contributed by atoms with Crippen LogP contribution >= 0.6 is 11.3 Å². The molecule has 2 heterocycles. The molecule has 0 spiro atoms. The fourth-order valence-electron chi connectivity index (χ4n) is 1.12. The third-order valence-electron chi connectivity index (χ3n) is 1.83. The number of H-pyrrole nitrogens is 1. The van der Waals surface area contributed by atoms with E-state index in [2.05, 4.69) is 20.5 Å². The van der Waals surface area contributed by atoms with Crippen LogP contribution in [0.4, 0.5) is 0 Å². The first-order valence-corrected chi connectivity index (χ1v) is 5.25. The number of amides is 1. The number of carbonyl (C=O) groups is 1. The van der Waals surface area contributed by atoms with E-state index in [0.29, 0.717) is 12.1 Å². The summed E-state index contributed by atoms with van der Waals surface area (Å²) in [6.45, 7) is 2.45. The molecule has 0 aliphatic rings. The Morgan fingerprint density at radius 1 is 1.60 bits per heavy atom. The topological polar surface area (TPSA) is 70.7 Å². The second-order valence-electron chi connectivity index (χ2n) is 3.03. The maximum Gasteiger partial charge on any atom is 0.254 e. The highest BCUT2D eigenvalue weighted by Gasteiger charge is 2.06. The van der Waals surface area contributed by atoms with E-state index < -0.39 is 0 Å². The lowest BCUT2D eigenvalue weighted by atomic mass is 10.3. The molecular formula is C9H10N4OS. The first-order chi connectivity index (χ1) is 7.25. The number of rotatable bonds is 3. The van der Waals surface area contributed by atoms with Crippen LogP contribution in [0.3, 0.4) is 0 Å². The Kier molecular flexibility index (Phi) is 2.77. The summed E-state index contributed by atoms with van der Waals surface area (Å²) < 4.78 is 0. The molecule has 0 aromatic carbocycles. The van der Waals surface area contributed by atoms with Crippen molar-refractivity contribution in [1.29, 1.82) is 0 Å². The summed E-state index contributed by atoms with van der Waals surface area (Å²) in [4.78, 5) is 16.8. The maximum atomic E-state index is 11.5. The molecule has 15 heavy (non-hydrogen) atoms. The number of carbonyl (C=O) groups excluding carboxylic acids is 1. The van der Waals surface area contributed by atoms with Gasteiger partial charge in [0, 0.05) is 17.3 Å². The third kappa shape index (κ3) is 2.41. The summed E-state index contributed by atoms with van der Waals surface area (Å²) in [6, 6.07) is 0. The van der Waals surface area contributed by atoms with Crippen molar-refractivity contribution >= 4 is 17.2 Å². The predicted octanol–water partition coefficient (Wildman–Crippen LogP) is 1.10. The number of hydrogen-bond donors (Lipinski definition) is 2. The molecule has 5 nitrogen and oxygen atoms in total. The minimum Gasteiger partial charge on any atom is -0.345 e. The van der Waals surface area contributed by atoms with E-state index >= 15 is 0 Å². The Morgan fingerprint density at radius 2 is 2.47 bits per heavy atom. The molecule has 0 aliphatic heterocycles. The van der Waals surface area contributed by atoms with Gasteiger partial charge in [-0.2, -0.15) is 5.10 Å². The summed E-state index contributed by atoms with van der Waals surface area (Å²) in [7, 11) is 0. The lowest BCUT2D eigenvalue weighted by Crippen LogP contribution is -2.22. The van der Waals surface area contributed by atoms with Gasteiger partial charge in [0.25, 0.3) is 5.91 Å². The summed E-state index contributed by atoms with van der Waals surface area (Å²) >= 11 is 1.58. The van der Waals surface area contributed by atoms with Gasteiger partial charge >= 0.3 is 0 Å². The van der Waals surface area contributed by atoms with Crippen molar-refractivity contribution in [3.8, 4) is 0 Å². The number of thiazole rings is 1. The zero-order valence-corrected chi connectivity index (χ0v) is 8.97. The molecule has 0 aliphatic carbocycles. The molecule has 2 aromatic heterocycles. The highest BCUT2D eigenvalue weighted by molar-refractivity contribution is 7.11. The number of nitrogens with one attached hydrogen (secondary N) is 2. The number of hydrogen-bond acceptors (Lipinski definition) is 4. The van der Waals surface area contributed by atoms with Crippen LogP contribution in [0.15, 0.2) is 18.6 Å². The van der Waals surface area contributed by atoms with Crippen molar-refractivity contribution < 1.29 is 4.79 Å². The van der Waals surface area contributed by atoms with Crippen LogP contribution in [0.25, 0.3) is 0 Å². The molecular weight excluding hydrogens is 212 g/mol. The van der Waals surface area contributed by atoms with Gasteiger partial charge in [0.05, 0.1) is 18.3 Å². The zero-order chi connectivity index (χ0) is 10.7. The van der Waals surface area contributed by atoms with Gasteiger partial charge in [-0.25, -0.2) is 4.98 Å². The van der Waals surface area contributed by atoms with E-state index in [1.807, 2.05) is 6.92 Å². The molecule has 1 amide bonds. The second kappa shape index (κ2) is 4.22. The lowest BCUT2D eigenvalue weighted by molar-refractivity contribution is 0.0951. The van der Waals surface area contributed by atoms with Crippen molar-refractivity contribution in [3.05, 3.63) is 34.0 Å². The van der Waals surface area contributed by atoms with Gasteiger partial charge in [-0.05, 0) is 6.92 Å². The standard InChI is InChI=1S/C9H10N4OS/c1-6-2-10-8(15-6)5-11-9(14)7-3-12-13-4-7/h2-4H,5H2,1H3,(H,11,14)(H,12,13). The second-order valence-corrected chi connectivity index (χ2v) is 4.35. The molecule has 2 aromatic rings. The SMILES string of the molecule is Cc1cnc(CNC(=O)c2cn[nH]c2)s1. The Bertz CT molecular complexity index is 448. The van der Waals surface area contributed by atoms with E-state index in [1.54, 1.807) is 23.7 Å². The molecule has 6 heteroatoms. The number of nitrogens with zero attached hydrogens (tertiary/aromatic N) is 2. The Labute approximate surface area is 90.6 Å². The van der Waals surface area contributed by atoms with Crippen LogP contribution in [0, 0.1) is 6.92 Å². The predicted molar refractivity (Wildman–Crippen MR) is 56.6 cm³/mol. The first kappa shape index (κ1) is 9.85. The van der Waals surface area contributed by atoms with Crippen LogP contribution in [0.2, 0.25) is 0 Å². The van der Waals surface area contributed by atoms with Crippen molar-refractivity contribution in [2.45, 2.75) is 13.5 Å². The van der Waals surface area contributed by atoms with Crippen LogP contribution in [0.1, 0.15) is 20.2 Å². The molecule has 0 bridgehead atoms. The Hall–Kier alpha value is -1.69. The molecule has 0 unspecified atom stereocenters. The van der Waals surface area contributed by atoms with Gasteiger partial charge in [-0.3, -0.25) is 9.89 Å². The van der Waals surface area contributed by atoms with Crippen molar-refractivity contribution in [3.63, 3.8) is 0 Å². The van der Waals surface area contributed by atoms with Gasteiger partial charge < -0.3 is 5.32 Å². The Balaban J connectivity index is 1.91. The summed E-state index contributed by atoms with van der Waals surface area (Å²) in [5.74, 6) is -0.142. The van der Waals surface area contributed by atoms with Crippen LogP contribution in [0.5, 0.6) is 0 Å². The minimum atomic E-state index is -0.142. The van der Waals surface area contributed by atoms with Gasteiger partial charge in [0.2, 0.25) is 0 Å². The molecule has 2 N–H and O–H groups in total. The van der Waals surface area contributed by atoms with E-state index in [1.165, 1.54) is 6.20 Å². The average molecular weight is 222 g/mol. The fraction of sp³-hybridized carbons (Fsp3) is 0.222. The van der Waals surface area contributed by atoms with E-state index in [0.717, 1.165) is 9.88 Å². The van der Waals surface area contributed by atoms with Gasteiger partial charge in [0.15, 0.2) is 0 Å². The molecule has 2 rings (SSSR count). The minimum absolute atomic E-state index is 0.142. The van der Waals surface area contributed by atoms with E-state index in [9.17, 15) is 4.79 Å². The number of aromatic nitrogens is 3. The summed E-state index contributed by atoms with van der Waals surface area (Å²) in [6.07, 6.45) is 4.84. The smallest absolute Gasteiger partial charge is 0.254 e. The summed E-state index contributed by atoms with van der Waals surface area (Å²) in [5, 5.41) is 9.96. The molecule has 0 radical (unpaired) electrons. The van der Waals surface area contributed by atoms with Crippen molar-refractivity contribution in [2.75, 3.05) is 0 Å². The maximum absolute atomic E-state index is 11.5. The molecule has 78 valence electrons. The normalized spacial score (nSPS) is 10.2. The number of aromatic amines is 1. The lowest BCUT2D eigenvalue weighted by Gasteiger charge is -1.99. The van der Waals surface area contributed by atoms with Crippen LogP contribution < -0.4 is 5.32 Å². The quantitative estimate of drug-likeness (QED) is 0.817. The molecule has 0 atom stereocenters. The first-order valence-electron chi connectivity index (χ1n) is 4.44. The summed E-state index contributed by atoms with van der Waals surface area (Å²) in [5.41, 5.74) is 0.531. The molecule has 0 saturated carbocycles. The van der Waals surface area contributed by atoms with Crippen LogP contribution in [-0.2, 0) is 6.54 Å². The fourth-order valence-corrected chi connectivity index (χ4v) is 1.84. The van der Waals surface area contributed by atoms with Crippen LogP contribution in [-0.4, -0.2) is 21.1 Å².